The second kappa shape index (κ2) is 9.96. The van der Waals surface area contributed by atoms with Crippen molar-refractivity contribution in [1.29, 1.82) is 0 Å². The number of nitrogens with zero attached hydrogens (tertiary/aromatic N) is 2. The van der Waals surface area contributed by atoms with Crippen molar-refractivity contribution < 1.29 is 13.2 Å². The number of aliphatic imine (C=N–C) groups is 1. The van der Waals surface area contributed by atoms with Crippen LogP contribution in [0.5, 0.6) is 0 Å². The van der Waals surface area contributed by atoms with E-state index < -0.39 is 14.6 Å². The molecule has 6 nitrogen and oxygen atoms in total. The third kappa shape index (κ3) is 5.44. The van der Waals surface area contributed by atoms with Gasteiger partial charge in [0.25, 0.3) is 0 Å². The first-order valence-electron chi connectivity index (χ1n) is 10.2. The molecule has 2 fully saturated rings. The first kappa shape index (κ1) is 24.4. The van der Waals surface area contributed by atoms with E-state index in [1.165, 1.54) is 5.56 Å². The van der Waals surface area contributed by atoms with E-state index in [2.05, 4.69) is 34.5 Å². The maximum absolute atomic E-state index is 12.4. The van der Waals surface area contributed by atoms with E-state index in [0.717, 1.165) is 38.6 Å². The van der Waals surface area contributed by atoms with Crippen LogP contribution < -0.4 is 5.32 Å². The Morgan fingerprint density at radius 3 is 2.45 bits per heavy atom. The maximum atomic E-state index is 12.4. The van der Waals surface area contributed by atoms with Crippen molar-refractivity contribution >= 4 is 39.8 Å². The predicted octanol–water partition coefficient (Wildman–Crippen LogP) is 2.83. The number of halogens is 1. The van der Waals surface area contributed by atoms with Gasteiger partial charge >= 0.3 is 0 Å². The summed E-state index contributed by atoms with van der Waals surface area (Å²) in [6, 6.07) is 10.6. The van der Waals surface area contributed by atoms with Crippen LogP contribution in [-0.2, 0) is 20.0 Å². The lowest BCUT2D eigenvalue weighted by atomic mass is 9.74. The first-order chi connectivity index (χ1) is 13.3. The number of benzene rings is 1. The van der Waals surface area contributed by atoms with Crippen molar-refractivity contribution in [2.75, 3.05) is 45.1 Å². The van der Waals surface area contributed by atoms with Crippen LogP contribution in [0.15, 0.2) is 35.3 Å². The molecule has 0 amide bonds. The molecule has 2 saturated heterocycles. The molecule has 0 aromatic heterocycles. The smallest absolute Gasteiger partial charge is 0.194 e. The van der Waals surface area contributed by atoms with E-state index in [9.17, 15) is 8.42 Å². The molecule has 2 heterocycles. The average molecular weight is 535 g/mol. The maximum Gasteiger partial charge on any atom is 0.194 e. The summed E-state index contributed by atoms with van der Waals surface area (Å²) in [5.41, 5.74) is 1.27. The summed E-state index contributed by atoms with van der Waals surface area (Å²) in [6.07, 6.45) is 1.89. The van der Waals surface area contributed by atoms with E-state index in [-0.39, 0.29) is 35.1 Å². The largest absolute Gasteiger partial charge is 0.381 e. The highest BCUT2D eigenvalue weighted by Crippen LogP contribution is 2.35. The summed E-state index contributed by atoms with van der Waals surface area (Å²) in [4.78, 5) is 7.10. The van der Waals surface area contributed by atoms with Crippen LogP contribution in [0, 0.1) is 0 Å². The number of ether oxygens (including phenoxy) is 1. The Hall–Kier alpha value is -0.870. The van der Waals surface area contributed by atoms with E-state index in [1.54, 1.807) is 0 Å². The average Bonchev–Trinajstić information content (AvgIpc) is 2.69. The molecule has 1 aromatic carbocycles. The van der Waals surface area contributed by atoms with Crippen molar-refractivity contribution in [1.82, 2.24) is 10.2 Å². The topological polar surface area (TPSA) is 71.0 Å². The van der Waals surface area contributed by atoms with Gasteiger partial charge in [0.2, 0.25) is 0 Å². The van der Waals surface area contributed by atoms with Crippen molar-refractivity contribution in [2.45, 2.75) is 43.8 Å². The lowest BCUT2D eigenvalue weighted by molar-refractivity contribution is 0.0530. The molecule has 0 spiro atoms. The first-order valence-corrected chi connectivity index (χ1v) is 11.8. The molecule has 8 heteroatoms. The molecule has 0 atom stereocenters. The van der Waals surface area contributed by atoms with Crippen molar-refractivity contribution in [3.05, 3.63) is 35.9 Å². The van der Waals surface area contributed by atoms with Crippen LogP contribution in [0.2, 0.25) is 0 Å². The van der Waals surface area contributed by atoms with Gasteiger partial charge in [0, 0.05) is 38.3 Å². The van der Waals surface area contributed by atoms with Gasteiger partial charge in [0.05, 0.1) is 17.0 Å². The highest BCUT2D eigenvalue weighted by molar-refractivity contribution is 14.0. The van der Waals surface area contributed by atoms with Crippen LogP contribution in [0.4, 0.5) is 0 Å². The van der Waals surface area contributed by atoms with Crippen LogP contribution >= 0.6 is 24.0 Å². The predicted molar refractivity (Wildman–Crippen MR) is 129 cm³/mol. The van der Waals surface area contributed by atoms with Gasteiger partial charge in [-0.15, -0.1) is 24.0 Å². The molecule has 2 aliphatic rings. The number of rotatable bonds is 4. The van der Waals surface area contributed by atoms with Gasteiger partial charge in [-0.05, 0) is 39.2 Å². The summed E-state index contributed by atoms with van der Waals surface area (Å²) in [7, 11) is -3.07. The van der Waals surface area contributed by atoms with E-state index in [4.69, 9.17) is 9.73 Å². The lowest BCUT2D eigenvalue weighted by Crippen LogP contribution is -2.57. The fourth-order valence-corrected chi connectivity index (χ4v) is 5.43. The molecule has 1 aromatic rings. The van der Waals surface area contributed by atoms with Crippen LogP contribution in [-0.4, -0.2) is 69.2 Å². The highest BCUT2D eigenvalue weighted by atomic mass is 127. The fourth-order valence-electron chi connectivity index (χ4n) is 4.07. The molecular weight excluding hydrogens is 501 g/mol. The minimum Gasteiger partial charge on any atom is -0.381 e. The summed E-state index contributed by atoms with van der Waals surface area (Å²) >= 11 is 0. The molecule has 3 rings (SSSR count). The van der Waals surface area contributed by atoms with Crippen LogP contribution in [0.1, 0.15) is 39.2 Å². The third-order valence-electron chi connectivity index (χ3n) is 6.05. The Morgan fingerprint density at radius 2 is 1.86 bits per heavy atom. The summed E-state index contributed by atoms with van der Waals surface area (Å²) in [5.74, 6) is 0.981. The Balaban J connectivity index is 0.00000300. The molecule has 0 radical (unpaired) electrons. The van der Waals surface area contributed by atoms with E-state index >= 15 is 0 Å². The van der Waals surface area contributed by atoms with Gasteiger partial charge in [-0.25, -0.2) is 8.42 Å². The zero-order chi connectivity index (χ0) is 20.3. The van der Waals surface area contributed by atoms with Gasteiger partial charge in [-0.3, -0.25) is 4.99 Å². The van der Waals surface area contributed by atoms with Crippen LogP contribution in [0.3, 0.4) is 0 Å². The Kier molecular flexibility index (Phi) is 8.38. The number of hydrogen-bond acceptors (Lipinski definition) is 4. The molecule has 1 N–H and O–H groups in total. The molecule has 164 valence electrons. The zero-order valence-electron chi connectivity index (χ0n) is 17.7. The van der Waals surface area contributed by atoms with Gasteiger partial charge in [0.1, 0.15) is 0 Å². The van der Waals surface area contributed by atoms with Gasteiger partial charge in [0.15, 0.2) is 15.8 Å². The lowest BCUT2D eigenvalue weighted by Gasteiger charge is -2.40. The molecule has 29 heavy (non-hydrogen) atoms. The minimum absolute atomic E-state index is 0. The second-order valence-corrected chi connectivity index (χ2v) is 11.2. The quantitative estimate of drug-likeness (QED) is 0.365. The Labute approximate surface area is 192 Å². The summed E-state index contributed by atoms with van der Waals surface area (Å²) in [6.45, 7) is 9.52. The fraction of sp³-hybridized carbons (Fsp3) is 0.667. The molecule has 0 aliphatic carbocycles. The molecule has 0 unspecified atom stereocenters. The number of hydrogen-bond donors (Lipinski definition) is 1. The van der Waals surface area contributed by atoms with Gasteiger partial charge in [-0.1, -0.05) is 30.3 Å². The van der Waals surface area contributed by atoms with E-state index in [1.807, 2.05) is 26.8 Å². The summed E-state index contributed by atoms with van der Waals surface area (Å²) < 4.78 is 29.6. The monoisotopic (exact) mass is 535 g/mol. The van der Waals surface area contributed by atoms with Gasteiger partial charge in [-0.2, -0.15) is 0 Å². The molecule has 2 aliphatic heterocycles. The zero-order valence-corrected chi connectivity index (χ0v) is 20.8. The standard InChI is InChI=1S/C21H33N3O3S.HI/c1-4-22-19(24-12-15-28(25,26)20(2,3)17-24)23-16-21(10-13-27-14-11-21)18-8-6-5-7-9-18;/h5-9H,4,10-17H2,1-3H3,(H,22,23);1H. The Bertz CT molecular complexity index is 791. The molecule has 0 bridgehead atoms. The van der Waals surface area contributed by atoms with Crippen molar-refractivity contribution in [2.24, 2.45) is 4.99 Å². The van der Waals surface area contributed by atoms with Crippen molar-refractivity contribution in [3.63, 3.8) is 0 Å². The SMILES string of the molecule is CCNC(=NCC1(c2ccccc2)CCOCC1)N1CCS(=O)(=O)C(C)(C)C1.I. The second-order valence-electron chi connectivity index (χ2n) is 8.43. The third-order valence-corrected chi connectivity index (χ3v) is 8.58. The van der Waals surface area contributed by atoms with E-state index in [0.29, 0.717) is 19.6 Å². The summed E-state index contributed by atoms with van der Waals surface area (Å²) in [5, 5.41) is 3.38. The van der Waals surface area contributed by atoms with Crippen molar-refractivity contribution in [3.8, 4) is 0 Å². The molecule has 0 saturated carbocycles. The minimum atomic E-state index is -3.07. The molecular formula is C21H34IN3O3S. The number of guanidine groups is 1. The van der Waals surface area contributed by atoms with Gasteiger partial charge < -0.3 is 15.0 Å². The highest BCUT2D eigenvalue weighted by Gasteiger charge is 2.41. The number of sulfone groups is 1. The number of nitrogens with one attached hydrogen (secondary N) is 1. The normalized spacial score (nSPS) is 23.1. The van der Waals surface area contributed by atoms with Crippen LogP contribution in [0.25, 0.3) is 0 Å². The Morgan fingerprint density at radius 1 is 1.21 bits per heavy atom.